The van der Waals surface area contributed by atoms with Crippen molar-refractivity contribution in [2.24, 2.45) is 0 Å². The maximum atomic E-state index is 12.2. The van der Waals surface area contributed by atoms with Crippen molar-refractivity contribution in [2.75, 3.05) is 38.6 Å². The summed E-state index contributed by atoms with van der Waals surface area (Å²) in [5, 5.41) is 12.0. The van der Waals surface area contributed by atoms with E-state index in [1.165, 1.54) is 13.3 Å². The third-order valence-corrected chi connectivity index (χ3v) is 3.49. The highest BCUT2D eigenvalue weighted by atomic mass is 16.5. The topological polar surface area (TPSA) is 108 Å². The van der Waals surface area contributed by atoms with Gasteiger partial charge in [-0.05, 0) is 6.92 Å². The summed E-state index contributed by atoms with van der Waals surface area (Å²) in [7, 11) is 1.56. The summed E-state index contributed by atoms with van der Waals surface area (Å²) in [6, 6.07) is 1.37. The van der Waals surface area contributed by atoms with Crippen LogP contribution in [-0.2, 0) is 16.1 Å². The minimum atomic E-state index is -1.02. The Balaban J connectivity index is 1.88. The second-order valence-corrected chi connectivity index (χ2v) is 5.25. The maximum absolute atomic E-state index is 12.2. The van der Waals surface area contributed by atoms with E-state index < -0.39 is 6.10 Å². The molecule has 0 aromatic carbocycles. The molecule has 2 N–H and O–H groups in total. The van der Waals surface area contributed by atoms with Gasteiger partial charge in [0.1, 0.15) is 18.2 Å². The molecule has 3 amide bonds. The summed E-state index contributed by atoms with van der Waals surface area (Å²) in [4.78, 5) is 35.1. The third kappa shape index (κ3) is 4.60. The summed E-state index contributed by atoms with van der Waals surface area (Å²) in [5.41, 5.74) is 0.671. The number of piperazine rings is 1. The van der Waals surface area contributed by atoms with Crippen LogP contribution in [0.3, 0.4) is 0 Å². The molecule has 2 heterocycles. The largest absolute Gasteiger partial charge is 0.384 e. The van der Waals surface area contributed by atoms with Crippen LogP contribution in [0.25, 0.3) is 0 Å². The molecule has 1 aromatic rings. The van der Waals surface area contributed by atoms with E-state index in [0.29, 0.717) is 44.3 Å². The molecule has 1 aliphatic heterocycles. The van der Waals surface area contributed by atoms with Crippen molar-refractivity contribution in [1.29, 1.82) is 0 Å². The van der Waals surface area contributed by atoms with Gasteiger partial charge in [-0.3, -0.25) is 10.1 Å². The molecule has 1 aromatic heterocycles. The SMILES string of the molecule is COCc1cc(NC(=O)N2CCN(C(=O)C(C)O)CC2)ncn1. The Morgan fingerprint density at radius 2 is 1.96 bits per heavy atom. The first-order chi connectivity index (χ1) is 11.0. The fraction of sp³-hybridized carbons (Fsp3) is 0.571. The van der Waals surface area contributed by atoms with Crippen LogP contribution in [0.5, 0.6) is 0 Å². The summed E-state index contributed by atoms with van der Waals surface area (Å²) in [5.74, 6) is 0.0876. The van der Waals surface area contributed by atoms with Gasteiger partial charge in [0.25, 0.3) is 5.91 Å². The summed E-state index contributed by atoms with van der Waals surface area (Å²) in [6.45, 7) is 3.38. The average Bonchev–Trinajstić information content (AvgIpc) is 2.55. The standard InChI is InChI=1S/C14H21N5O4/c1-10(20)13(21)18-3-5-19(6-4-18)14(22)17-12-7-11(8-23-2)15-9-16-12/h7,9-10,20H,3-6,8H2,1-2H3,(H,15,16,17,22). The smallest absolute Gasteiger partial charge is 0.323 e. The second-order valence-electron chi connectivity index (χ2n) is 5.25. The van der Waals surface area contributed by atoms with Gasteiger partial charge in [0.2, 0.25) is 0 Å². The van der Waals surface area contributed by atoms with Gasteiger partial charge in [-0.2, -0.15) is 0 Å². The molecule has 0 aliphatic carbocycles. The van der Waals surface area contributed by atoms with Gasteiger partial charge in [-0.25, -0.2) is 14.8 Å². The number of aromatic nitrogens is 2. The van der Waals surface area contributed by atoms with Crippen molar-refractivity contribution in [3.05, 3.63) is 18.1 Å². The zero-order valence-corrected chi connectivity index (χ0v) is 13.2. The van der Waals surface area contributed by atoms with Crippen molar-refractivity contribution in [2.45, 2.75) is 19.6 Å². The maximum Gasteiger partial charge on any atom is 0.323 e. The predicted octanol–water partition coefficient (Wildman–Crippen LogP) is -0.320. The number of ether oxygens (including phenoxy) is 1. The molecule has 1 saturated heterocycles. The van der Waals surface area contributed by atoms with E-state index in [4.69, 9.17) is 4.74 Å². The van der Waals surface area contributed by atoms with Crippen molar-refractivity contribution >= 4 is 17.8 Å². The average molecular weight is 323 g/mol. The number of hydrogen-bond acceptors (Lipinski definition) is 6. The number of nitrogens with zero attached hydrogens (tertiary/aromatic N) is 4. The predicted molar refractivity (Wildman–Crippen MR) is 81.6 cm³/mol. The van der Waals surface area contributed by atoms with Crippen LogP contribution in [0.15, 0.2) is 12.4 Å². The van der Waals surface area contributed by atoms with Crippen LogP contribution in [0.4, 0.5) is 10.6 Å². The highest BCUT2D eigenvalue weighted by Gasteiger charge is 2.26. The van der Waals surface area contributed by atoms with Gasteiger partial charge in [-0.1, -0.05) is 0 Å². The Morgan fingerprint density at radius 1 is 1.30 bits per heavy atom. The fourth-order valence-corrected chi connectivity index (χ4v) is 2.28. The van der Waals surface area contributed by atoms with Crippen molar-refractivity contribution in [3.8, 4) is 0 Å². The Bertz CT molecular complexity index is 558. The molecule has 1 atom stereocenters. The molecule has 2 rings (SSSR count). The Morgan fingerprint density at radius 3 is 2.57 bits per heavy atom. The number of urea groups is 1. The quantitative estimate of drug-likeness (QED) is 0.786. The molecule has 0 saturated carbocycles. The van der Waals surface area contributed by atoms with Gasteiger partial charge in [0, 0.05) is 39.4 Å². The van der Waals surface area contributed by atoms with Gasteiger partial charge in [0.05, 0.1) is 12.3 Å². The zero-order chi connectivity index (χ0) is 16.8. The zero-order valence-electron chi connectivity index (χ0n) is 13.2. The van der Waals surface area contributed by atoms with Crippen LogP contribution in [0, 0.1) is 0 Å². The number of carbonyl (C=O) groups is 2. The molecule has 9 heteroatoms. The number of amides is 3. The van der Waals surface area contributed by atoms with Crippen LogP contribution in [0.2, 0.25) is 0 Å². The minimum Gasteiger partial charge on any atom is -0.384 e. The number of nitrogens with one attached hydrogen (secondary N) is 1. The number of methoxy groups -OCH3 is 1. The Labute approximate surface area is 134 Å². The molecule has 1 unspecified atom stereocenters. The van der Waals surface area contributed by atoms with Crippen LogP contribution >= 0.6 is 0 Å². The Kier molecular flexibility index (Phi) is 5.83. The first kappa shape index (κ1) is 17.1. The van der Waals surface area contributed by atoms with E-state index in [2.05, 4.69) is 15.3 Å². The highest BCUT2D eigenvalue weighted by Crippen LogP contribution is 2.09. The summed E-state index contributed by atoms with van der Waals surface area (Å²) in [6.07, 6.45) is 0.346. The lowest BCUT2D eigenvalue weighted by atomic mass is 10.2. The Hall–Kier alpha value is -2.26. The van der Waals surface area contributed by atoms with Crippen molar-refractivity contribution < 1.29 is 19.4 Å². The number of hydrogen-bond donors (Lipinski definition) is 2. The van der Waals surface area contributed by atoms with E-state index in [9.17, 15) is 14.7 Å². The van der Waals surface area contributed by atoms with Crippen LogP contribution in [0.1, 0.15) is 12.6 Å². The fourth-order valence-electron chi connectivity index (χ4n) is 2.28. The van der Waals surface area contributed by atoms with E-state index in [1.807, 2.05) is 0 Å². The molecule has 126 valence electrons. The molecule has 0 radical (unpaired) electrons. The molecule has 1 fully saturated rings. The summed E-state index contributed by atoms with van der Waals surface area (Å²) >= 11 is 0. The molecular formula is C14H21N5O4. The first-order valence-electron chi connectivity index (χ1n) is 7.34. The first-order valence-corrected chi connectivity index (χ1v) is 7.34. The minimum absolute atomic E-state index is 0.281. The van der Waals surface area contributed by atoms with Gasteiger partial charge in [0.15, 0.2) is 0 Å². The molecule has 0 bridgehead atoms. The van der Waals surface area contributed by atoms with Gasteiger partial charge >= 0.3 is 6.03 Å². The normalized spacial score (nSPS) is 16.1. The third-order valence-electron chi connectivity index (χ3n) is 3.49. The lowest BCUT2D eigenvalue weighted by Gasteiger charge is -2.35. The number of anilines is 1. The molecule has 23 heavy (non-hydrogen) atoms. The number of rotatable bonds is 4. The monoisotopic (exact) mass is 323 g/mol. The van der Waals surface area contributed by atoms with Crippen molar-refractivity contribution in [1.82, 2.24) is 19.8 Å². The van der Waals surface area contributed by atoms with Gasteiger partial charge in [-0.15, -0.1) is 0 Å². The number of aliphatic hydroxyl groups is 1. The lowest BCUT2D eigenvalue weighted by molar-refractivity contribution is -0.140. The molecule has 1 aliphatic rings. The van der Waals surface area contributed by atoms with Crippen LogP contribution < -0.4 is 5.32 Å². The summed E-state index contributed by atoms with van der Waals surface area (Å²) < 4.78 is 4.99. The van der Waals surface area contributed by atoms with Gasteiger partial charge < -0.3 is 19.6 Å². The van der Waals surface area contributed by atoms with E-state index >= 15 is 0 Å². The lowest BCUT2D eigenvalue weighted by Crippen LogP contribution is -2.53. The van der Waals surface area contributed by atoms with E-state index in [0.717, 1.165) is 0 Å². The number of aliphatic hydroxyl groups excluding tert-OH is 1. The highest BCUT2D eigenvalue weighted by molar-refractivity contribution is 5.88. The van der Waals surface area contributed by atoms with E-state index in [-0.39, 0.29) is 11.9 Å². The second kappa shape index (κ2) is 7.84. The van der Waals surface area contributed by atoms with Crippen molar-refractivity contribution in [3.63, 3.8) is 0 Å². The van der Waals surface area contributed by atoms with Crippen LogP contribution in [-0.4, -0.2) is 76.2 Å². The molecule has 9 nitrogen and oxygen atoms in total. The van der Waals surface area contributed by atoms with E-state index in [1.54, 1.807) is 23.0 Å². The molecule has 0 spiro atoms. The molecular weight excluding hydrogens is 302 g/mol. The number of carbonyl (C=O) groups excluding carboxylic acids is 2.